The molecule has 1 N–H and O–H groups in total. The molecule has 1 aromatic heterocycles. The number of hydrogen-bond acceptors (Lipinski definition) is 6. The van der Waals surface area contributed by atoms with Crippen molar-refractivity contribution in [2.75, 3.05) is 44.5 Å². The Morgan fingerprint density at radius 1 is 1.15 bits per heavy atom. The van der Waals surface area contributed by atoms with E-state index in [4.69, 9.17) is 14.2 Å². The van der Waals surface area contributed by atoms with Gasteiger partial charge in [-0.2, -0.15) is 0 Å². The largest absolute Gasteiger partial charge is 0.454 e. The maximum Gasteiger partial charge on any atom is 0.231 e. The smallest absolute Gasteiger partial charge is 0.231 e. The highest BCUT2D eigenvalue weighted by atomic mass is 16.7. The van der Waals surface area contributed by atoms with Crippen LogP contribution in [-0.2, 0) is 17.7 Å². The zero-order valence-electron chi connectivity index (χ0n) is 15.8. The third-order valence-electron chi connectivity index (χ3n) is 5.01. The summed E-state index contributed by atoms with van der Waals surface area (Å²) >= 11 is 0. The van der Waals surface area contributed by atoms with Gasteiger partial charge < -0.3 is 24.4 Å². The van der Waals surface area contributed by atoms with Crippen LogP contribution in [0.25, 0.3) is 0 Å². The Morgan fingerprint density at radius 2 is 2.00 bits per heavy atom. The molecule has 1 saturated heterocycles. The van der Waals surface area contributed by atoms with E-state index >= 15 is 0 Å². The number of aromatic nitrogens is 1. The lowest BCUT2D eigenvalue weighted by Crippen LogP contribution is -2.37. The quantitative estimate of drug-likeness (QED) is 0.810. The van der Waals surface area contributed by atoms with Gasteiger partial charge in [-0.05, 0) is 42.6 Å². The van der Waals surface area contributed by atoms with Gasteiger partial charge in [-0.1, -0.05) is 19.1 Å². The van der Waals surface area contributed by atoms with E-state index < -0.39 is 0 Å². The molecular formula is C21H27N3O3. The predicted octanol–water partition coefficient (Wildman–Crippen LogP) is 2.62. The summed E-state index contributed by atoms with van der Waals surface area (Å²) in [6.07, 6.45) is 2.88. The number of ether oxygens (including phenoxy) is 3. The maximum atomic E-state index is 5.47. The molecule has 3 heterocycles. The zero-order chi connectivity index (χ0) is 18.5. The first kappa shape index (κ1) is 18.1. The number of anilines is 1. The second-order valence-electron chi connectivity index (χ2n) is 7.21. The highest BCUT2D eigenvalue weighted by Crippen LogP contribution is 2.33. The van der Waals surface area contributed by atoms with Crippen molar-refractivity contribution in [3.05, 3.63) is 47.7 Å². The molecule has 2 aliphatic rings. The Hall–Kier alpha value is -2.31. The van der Waals surface area contributed by atoms with Gasteiger partial charge >= 0.3 is 0 Å². The highest BCUT2D eigenvalue weighted by Gasteiger charge is 2.16. The number of hydrogen-bond donors (Lipinski definition) is 1. The van der Waals surface area contributed by atoms with Crippen LogP contribution in [0.4, 0.5) is 5.82 Å². The molecule has 2 aliphatic heterocycles. The van der Waals surface area contributed by atoms with E-state index in [0.717, 1.165) is 63.1 Å². The molecule has 0 bridgehead atoms. The maximum absolute atomic E-state index is 5.47. The molecule has 6 nitrogen and oxygen atoms in total. The standard InChI is InChI=1S/C21H27N3O3/c1-16(11-17-4-5-19-20(12-17)27-15-26-19)13-22-14-18-3-2-6-23-21(18)24-7-9-25-10-8-24/h2-6,12,16,22H,7-11,13-15H2,1H3. The molecule has 1 atom stereocenters. The third-order valence-corrected chi connectivity index (χ3v) is 5.01. The van der Waals surface area contributed by atoms with Gasteiger partial charge in [0.15, 0.2) is 11.5 Å². The van der Waals surface area contributed by atoms with Gasteiger partial charge in [-0.15, -0.1) is 0 Å². The Morgan fingerprint density at radius 3 is 2.89 bits per heavy atom. The summed E-state index contributed by atoms with van der Waals surface area (Å²) in [6.45, 7) is 7.73. The summed E-state index contributed by atoms with van der Waals surface area (Å²) in [5.74, 6) is 3.31. The third kappa shape index (κ3) is 4.51. The van der Waals surface area contributed by atoms with Gasteiger partial charge in [0.05, 0.1) is 13.2 Å². The summed E-state index contributed by atoms with van der Waals surface area (Å²) in [6, 6.07) is 10.4. The molecule has 0 radical (unpaired) electrons. The molecule has 2 aromatic rings. The molecule has 6 heteroatoms. The van der Waals surface area contributed by atoms with Gasteiger partial charge in [-0.3, -0.25) is 0 Å². The van der Waals surface area contributed by atoms with Gasteiger partial charge in [0.25, 0.3) is 0 Å². The highest BCUT2D eigenvalue weighted by molar-refractivity contribution is 5.47. The average molecular weight is 369 g/mol. The molecular weight excluding hydrogens is 342 g/mol. The molecule has 0 aliphatic carbocycles. The molecule has 4 rings (SSSR count). The minimum Gasteiger partial charge on any atom is -0.454 e. The van der Waals surface area contributed by atoms with E-state index in [1.165, 1.54) is 11.1 Å². The lowest BCUT2D eigenvalue weighted by Gasteiger charge is -2.29. The first-order valence-electron chi connectivity index (χ1n) is 9.65. The van der Waals surface area contributed by atoms with Crippen molar-refractivity contribution in [3.8, 4) is 11.5 Å². The summed E-state index contributed by atoms with van der Waals surface area (Å²) in [5.41, 5.74) is 2.53. The van der Waals surface area contributed by atoms with Crippen LogP contribution in [0, 0.1) is 5.92 Å². The molecule has 0 amide bonds. The summed E-state index contributed by atoms with van der Waals surface area (Å²) < 4.78 is 16.3. The number of nitrogens with zero attached hydrogens (tertiary/aromatic N) is 2. The minimum absolute atomic E-state index is 0.326. The van der Waals surface area contributed by atoms with Crippen LogP contribution >= 0.6 is 0 Å². The molecule has 0 spiro atoms. The van der Waals surface area contributed by atoms with E-state index in [9.17, 15) is 0 Å². The van der Waals surface area contributed by atoms with Crippen LogP contribution in [0.1, 0.15) is 18.1 Å². The number of fused-ring (bicyclic) bond motifs is 1. The van der Waals surface area contributed by atoms with Gasteiger partial charge in [0.1, 0.15) is 5.82 Å². The molecule has 144 valence electrons. The van der Waals surface area contributed by atoms with E-state index in [0.29, 0.717) is 12.7 Å². The fourth-order valence-corrected chi connectivity index (χ4v) is 3.62. The van der Waals surface area contributed by atoms with Crippen LogP contribution in [-0.4, -0.2) is 44.6 Å². The van der Waals surface area contributed by atoms with Crippen molar-refractivity contribution in [2.24, 2.45) is 5.92 Å². The molecule has 1 aromatic carbocycles. The van der Waals surface area contributed by atoms with E-state index in [1.54, 1.807) is 0 Å². The van der Waals surface area contributed by atoms with Crippen LogP contribution < -0.4 is 19.7 Å². The average Bonchev–Trinajstić information content (AvgIpc) is 3.17. The van der Waals surface area contributed by atoms with Crippen LogP contribution in [0.15, 0.2) is 36.5 Å². The second-order valence-corrected chi connectivity index (χ2v) is 7.21. The Balaban J connectivity index is 1.29. The molecule has 0 saturated carbocycles. The Labute approximate surface area is 160 Å². The number of nitrogens with one attached hydrogen (secondary N) is 1. The minimum atomic E-state index is 0.326. The Kier molecular flexibility index (Phi) is 5.75. The summed E-state index contributed by atoms with van der Waals surface area (Å²) in [5, 5.41) is 3.60. The van der Waals surface area contributed by atoms with Gasteiger partial charge in [0, 0.05) is 31.4 Å². The topological polar surface area (TPSA) is 55.9 Å². The number of pyridine rings is 1. The fraction of sp³-hybridized carbons (Fsp3) is 0.476. The normalized spacial score (nSPS) is 17.1. The van der Waals surface area contributed by atoms with Crippen molar-refractivity contribution in [3.63, 3.8) is 0 Å². The van der Waals surface area contributed by atoms with Crippen LogP contribution in [0.2, 0.25) is 0 Å². The SMILES string of the molecule is CC(CNCc1cccnc1N1CCOCC1)Cc1ccc2c(c1)OCO2. The summed E-state index contributed by atoms with van der Waals surface area (Å²) in [7, 11) is 0. The van der Waals surface area contributed by atoms with Gasteiger partial charge in [0.2, 0.25) is 6.79 Å². The van der Waals surface area contributed by atoms with Crippen LogP contribution in [0.5, 0.6) is 11.5 Å². The second kappa shape index (κ2) is 8.59. The lowest BCUT2D eigenvalue weighted by molar-refractivity contribution is 0.122. The monoisotopic (exact) mass is 369 g/mol. The molecule has 1 fully saturated rings. The lowest BCUT2D eigenvalue weighted by atomic mass is 10.0. The molecule has 1 unspecified atom stereocenters. The number of morpholine rings is 1. The Bertz CT molecular complexity index is 762. The van der Waals surface area contributed by atoms with Crippen molar-refractivity contribution in [1.82, 2.24) is 10.3 Å². The van der Waals surface area contributed by atoms with Gasteiger partial charge in [-0.25, -0.2) is 4.98 Å². The van der Waals surface area contributed by atoms with Crippen molar-refractivity contribution in [1.29, 1.82) is 0 Å². The predicted molar refractivity (Wildman–Crippen MR) is 104 cm³/mol. The number of benzene rings is 1. The molecule has 27 heavy (non-hydrogen) atoms. The fourth-order valence-electron chi connectivity index (χ4n) is 3.62. The van der Waals surface area contributed by atoms with E-state index in [1.807, 2.05) is 18.3 Å². The van der Waals surface area contributed by atoms with E-state index in [2.05, 4.69) is 40.3 Å². The van der Waals surface area contributed by atoms with Crippen molar-refractivity contribution >= 4 is 5.82 Å². The zero-order valence-corrected chi connectivity index (χ0v) is 15.8. The van der Waals surface area contributed by atoms with Crippen molar-refractivity contribution < 1.29 is 14.2 Å². The number of rotatable bonds is 7. The van der Waals surface area contributed by atoms with E-state index in [-0.39, 0.29) is 0 Å². The van der Waals surface area contributed by atoms with Crippen molar-refractivity contribution in [2.45, 2.75) is 19.9 Å². The van der Waals surface area contributed by atoms with Crippen LogP contribution in [0.3, 0.4) is 0 Å². The first-order chi connectivity index (χ1) is 13.3. The summed E-state index contributed by atoms with van der Waals surface area (Å²) in [4.78, 5) is 6.92. The first-order valence-corrected chi connectivity index (χ1v) is 9.65.